The van der Waals surface area contributed by atoms with Gasteiger partial charge < -0.3 is 13.6 Å². The molecule has 1 heterocycles. The number of carbonyl (C=O) groups excluding carboxylic acids is 1. The van der Waals surface area contributed by atoms with Crippen LogP contribution in [-0.2, 0) is 20.6 Å². The van der Waals surface area contributed by atoms with Gasteiger partial charge in [-0.1, -0.05) is 41.5 Å². The molecule has 0 bridgehead atoms. The predicted octanol–water partition coefficient (Wildman–Crippen LogP) is 5.86. The highest BCUT2D eigenvalue weighted by Gasteiger charge is 2.45. The van der Waals surface area contributed by atoms with E-state index in [-0.39, 0.29) is 5.97 Å². The molecule has 0 aliphatic heterocycles. The molecule has 0 radical (unpaired) electrons. The van der Waals surface area contributed by atoms with Crippen LogP contribution in [0.2, 0.25) is 16.6 Å². The van der Waals surface area contributed by atoms with Gasteiger partial charge in [-0.05, 0) is 42.6 Å². The van der Waals surface area contributed by atoms with Gasteiger partial charge in [-0.2, -0.15) is 0 Å². The molecule has 0 aliphatic carbocycles. The van der Waals surface area contributed by atoms with Gasteiger partial charge in [-0.3, -0.25) is 0 Å². The van der Waals surface area contributed by atoms with Gasteiger partial charge in [0.25, 0.3) is 0 Å². The number of rotatable bonds is 9. The second-order valence-corrected chi connectivity index (χ2v) is 12.9. The largest absolute Gasteiger partial charge is 0.463 e. The molecule has 1 aromatic rings. The Labute approximate surface area is 153 Å². The van der Waals surface area contributed by atoms with Crippen LogP contribution in [0.4, 0.5) is 0 Å². The molecule has 0 aromatic carbocycles. The lowest BCUT2D eigenvalue weighted by Gasteiger charge is -2.42. The zero-order chi connectivity index (χ0) is 19.2. The maximum absolute atomic E-state index is 11.4. The van der Waals surface area contributed by atoms with Crippen molar-refractivity contribution in [2.45, 2.75) is 78.6 Å². The Bertz CT molecular complexity index is 563. The van der Waals surface area contributed by atoms with Crippen molar-refractivity contribution in [2.75, 3.05) is 6.61 Å². The Hall–Kier alpha value is -1.33. The first-order chi connectivity index (χ1) is 11.6. The second kappa shape index (κ2) is 9.39. The molecule has 25 heavy (non-hydrogen) atoms. The van der Waals surface area contributed by atoms with Crippen molar-refractivity contribution >= 4 is 20.4 Å². The predicted molar refractivity (Wildman–Crippen MR) is 105 cm³/mol. The molecular weight excluding hydrogens is 332 g/mol. The van der Waals surface area contributed by atoms with E-state index >= 15 is 0 Å². The van der Waals surface area contributed by atoms with Crippen molar-refractivity contribution < 1.29 is 18.4 Å². The average molecular weight is 367 g/mol. The fourth-order valence-corrected chi connectivity index (χ4v) is 9.22. The molecule has 0 aliphatic rings. The zero-order valence-electron chi connectivity index (χ0n) is 17.0. The normalized spacial score (nSPS) is 12.8. The van der Waals surface area contributed by atoms with Gasteiger partial charge in [0, 0.05) is 11.6 Å². The number of aryl methyl sites for hydroxylation is 1. The third kappa shape index (κ3) is 5.32. The Morgan fingerprint density at radius 1 is 1.16 bits per heavy atom. The van der Waals surface area contributed by atoms with E-state index in [1.165, 1.54) is 6.08 Å². The summed E-state index contributed by atoms with van der Waals surface area (Å²) in [5, 5.41) is 0. The van der Waals surface area contributed by atoms with E-state index < -0.39 is 8.32 Å². The van der Waals surface area contributed by atoms with Crippen molar-refractivity contribution in [3.63, 3.8) is 0 Å². The van der Waals surface area contributed by atoms with Crippen molar-refractivity contribution in [1.29, 1.82) is 0 Å². The van der Waals surface area contributed by atoms with Gasteiger partial charge in [0.15, 0.2) is 0 Å². The maximum atomic E-state index is 11.4. The highest BCUT2D eigenvalue weighted by Crippen LogP contribution is 2.42. The summed E-state index contributed by atoms with van der Waals surface area (Å²) in [5.41, 5.74) is 2.68. The monoisotopic (exact) mass is 366 g/mol. The van der Waals surface area contributed by atoms with Crippen LogP contribution < -0.4 is 0 Å². The molecule has 5 heteroatoms. The molecule has 0 unspecified atom stereocenters. The first-order valence-corrected chi connectivity index (χ1v) is 11.4. The first kappa shape index (κ1) is 21.7. The highest BCUT2D eigenvalue weighted by molar-refractivity contribution is 6.77. The van der Waals surface area contributed by atoms with Gasteiger partial charge in [-0.25, -0.2) is 4.79 Å². The molecule has 0 fully saturated rings. The standard InChI is InChI=1S/C20H34O4Si/c1-9-22-20(21)11-10-19-12-18(17(8)24-19)13-23-25(14(2)3,15(4)5)16(6)7/h10-12,14-16H,9,13H2,1-8H3. The molecule has 0 saturated carbocycles. The summed E-state index contributed by atoms with van der Waals surface area (Å²) in [7, 11) is -1.90. The topological polar surface area (TPSA) is 48.7 Å². The fourth-order valence-electron chi connectivity index (χ4n) is 3.81. The third-order valence-corrected chi connectivity index (χ3v) is 11.0. The van der Waals surface area contributed by atoms with Crippen molar-refractivity contribution in [3.05, 3.63) is 29.2 Å². The van der Waals surface area contributed by atoms with Crippen LogP contribution in [0.25, 0.3) is 6.08 Å². The van der Waals surface area contributed by atoms with Crippen LogP contribution in [0.5, 0.6) is 0 Å². The highest BCUT2D eigenvalue weighted by atomic mass is 28.4. The van der Waals surface area contributed by atoms with E-state index in [0.29, 0.717) is 35.6 Å². The summed E-state index contributed by atoms with van der Waals surface area (Å²) in [6.45, 7) is 18.3. The first-order valence-electron chi connectivity index (χ1n) is 9.23. The van der Waals surface area contributed by atoms with Gasteiger partial charge in [-0.15, -0.1) is 0 Å². The summed E-state index contributed by atoms with van der Waals surface area (Å²) in [4.78, 5) is 11.4. The SMILES string of the molecule is CCOC(=O)C=Cc1cc(CO[Si](C(C)C)(C(C)C)C(C)C)c(C)o1. The van der Waals surface area contributed by atoms with Gasteiger partial charge in [0.05, 0.1) is 13.2 Å². The minimum Gasteiger partial charge on any atom is -0.463 e. The molecular formula is C20H34O4Si. The Balaban J connectivity index is 2.91. The summed E-state index contributed by atoms with van der Waals surface area (Å²) >= 11 is 0. The second-order valence-electron chi connectivity index (χ2n) is 7.42. The lowest BCUT2D eigenvalue weighted by molar-refractivity contribution is -0.137. The van der Waals surface area contributed by atoms with Crippen molar-refractivity contribution in [3.8, 4) is 0 Å². The number of hydrogen-bond donors (Lipinski definition) is 0. The smallest absolute Gasteiger partial charge is 0.330 e. The lowest BCUT2D eigenvalue weighted by Crippen LogP contribution is -2.47. The lowest BCUT2D eigenvalue weighted by atomic mass is 10.2. The number of ether oxygens (including phenoxy) is 1. The minimum absolute atomic E-state index is 0.361. The number of hydrogen-bond acceptors (Lipinski definition) is 4. The van der Waals surface area contributed by atoms with Gasteiger partial charge in [0.1, 0.15) is 11.5 Å². The number of carbonyl (C=O) groups is 1. The molecule has 4 nitrogen and oxygen atoms in total. The summed E-state index contributed by atoms with van der Waals surface area (Å²) < 4.78 is 17.2. The molecule has 0 amide bonds. The van der Waals surface area contributed by atoms with E-state index in [1.54, 1.807) is 13.0 Å². The van der Waals surface area contributed by atoms with E-state index in [2.05, 4.69) is 41.5 Å². The van der Waals surface area contributed by atoms with Gasteiger partial charge >= 0.3 is 5.97 Å². The Morgan fingerprint density at radius 2 is 1.72 bits per heavy atom. The van der Waals surface area contributed by atoms with Crippen molar-refractivity contribution in [2.24, 2.45) is 0 Å². The van der Waals surface area contributed by atoms with Crippen LogP contribution in [0.1, 0.15) is 65.6 Å². The van der Waals surface area contributed by atoms with Crippen molar-refractivity contribution in [1.82, 2.24) is 0 Å². The molecule has 0 atom stereocenters. The zero-order valence-corrected chi connectivity index (χ0v) is 18.0. The van der Waals surface area contributed by atoms with E-state index in [0.717, 1.165) is 11.3 Å². The van der Waals surface area contributed by atoms with Crippen LogP contribution in [0.3, 0.4) is 0 Å². The van der Waals surface area contributed by atoms with Crippen LogP contribution in [0.15, 0.2) is 16.6 Å². The van der Waals surface area contributed by atoms with Gasteiger partial charge in [0.2, 0.25) is 8.32 Å². The minimum atomic E-state index is -1.90. The van der Waals surface area contributed by atoms with Crippen LogP contribution in [0, 0.1) is 6.92 Å². The van der Waals surface area contributed by atoms with Crippen LogP contribution >= 0.6 is 0 Å². The fraction of sp³-hybridized carbons (Fsp3) is 0.650. The summed E-state index contributed by atoms with van der Waals surface area (Å²) in [5.74, 6) is 1.12. The van der Waals surface area contributed by atoms with Crippen LogP contribution in [-0.4, -0.2) is 20.9 Å². The Morgan fingerprint density at radius 3 is 2.20 bits per heavy atom. The van der Waals surface area contributed by atoms with E-state index in [9.17, 15) is 4.79 Å². The summed E-state index contributed by atoms with van der Waals surface area (Å²) in [6.07, 6.45) is 3.04. The number of furan rings is 1. The maximum Gasteiger partial charge on any atom is 0.330 e. The molecule has 1 rings (SSSR count). The molecule has 0 N–H and O–H groups in total. The molecule has 0 saturated heterocycles. The summed E-state index contributed by atoms with van der Waals surface area (Å²) in [6, 6.07) is 1.95. The average Bonchev–Trinajstić information content (AvgIpc) is 2.85. The quantitative estimate of drug-likeness (QED) is 0.312. The third-order valence-electron chi connectivity index (χ3n) is 4.89. The Kier molecular flexibility index (Phi) is 8.15. The molecule has 142 valence electrons. The molecule has 1 aromatic heterocycles. The molecule has 0 spiro atoms. The number of esters is 1. The van der Waals surface area contributed by atoms with E-state index in [1.807, 2.05) is 13.0 Å². The van der Waals surface area contributed by atoms with E-state index in [4.69, 9.17) is 13.6 Å².